The molecule has 1 aromatic rings. The third kappa shape index (κ3) is 3.80. The van der Waals surface area contributed by atoms with Crippen LogP contribution in [0.4, 0.5) is 0 Å². The molecule has 1 aromatic heterocycles. The maximum Gasteiger partial charge on any atom is 0.151 e. The maximum absolute atomic E-state index is 4.28. The quantitative estimate of drug-likeness (QED) is 0.849. The van der Waals surface area contributed by atoms with E-state index in [-0.39, 0.29) is 0 Å². The molecular weight excluding hydrogens is 212 g/mol. The SMILES string of the molecule is CCC1CCC(NCCc2ncn(C)n2)CC1. The van der Waals surface area contributed by atoms with Crippen LogP contribution in [0.1, 0.15) is 44.9 Å². The predicted molar refractivity (Wildman–Crippen MR) is 68.7 cm³/mol. The molecule has 1 heterocycles. The molecular formula is C13H24N4. The minimum Gasteiger partial charge on any atom is -0.314 e. The monoisotopic (exact) mass is 236 g/mol. The number of hydrogen-bond donors (Lipinski definition) is 1. The molecule has 0 aliphatic heterocycles. The minimum absolute atomic E-state index is 0.724. The molecule has 2 rings (SSSR count). The molecule has 1 N–H and O–H groups in total. The Kier molecular flexibility index (Phi) is 4.54. The minimum atomic E-state index is 0.724. The lowest BCUT2D eigenvalue weighted by Crippen LogP contribution is -2.34. The number of aromatic nitrogens is 3. The van der Waals surface area contributed by atoms with Gasteiger partial charge in [-0.15, -0.1) is 0 Å². The first kappa shape index (κ1) is 12.6. The summed E-state index contributed by atoms with van der Waals surface area (Å²) in [7, 11) is 1.91. The second kappa shape index (κ2) is 6.15. The molecule has 0 saturated heterocycles. The van der Waals surface area contributed by atoms with E-state index < -0.39 is 0 Å². The van der Waals surface area contributed by atoms with Crippen LogP contribution in [0.3, 0.4) is 0 Å². The molecule has 1 aliphatic rings. The Labute approximate surface area is 104 Å². The van der Waals surface area contributed by atoms with E-state index in [2.05, 4.69) is 22.3 Å². The van der Waals surface area contributed by atoms with Gasteiger partial charge < -0.3 is 5.32 Å². The smallest absolute Gasteiger partial charge is 0.151 e. The average molecular weight is 236 g/mol. The van der Waals surface area contributed by atoms with Gasteiger partial charge in [0.2, 0.25) is 0 Å². The van der Waals surface area contributed by atoms with Gasteiger partial charge in [-0.2, -0.15) is 5.10 Å². The lowest BCUT2D eigenvalue weighted by Gasteiger charge is -2.28. The zero-order valence-electron chi connectivity index (χ0n) is 11.0. The van der Waals surface area contributed by atoms with Gasteiger partial charge in [0.05, 0.1) is 0 Å². The predicted octanol–water partition coefficient (Wildman–Crippen LogP) is 1.92. The molecule has 0 spiro atoms. The van der Waals surface area contributed by atoms with E-state index in [1.54, 1.807) is 11.0 Å². The number of hydrogen-bond acceptors (Lipinski definition) is 3. The molecule has 0 aromatic carbocycles. The largest absolute Gasteiger partial charge is 0.314 e. The number of aryl methyl sites for hydroxylation is 1. The van der Waals surface area contributed by atoms with Crippen molar-refractivity contribution < 1.29 is 0 Å². The lowest BCUT2D eigenvalue weighted by atomic mass is 9.84. The Balaban J connectivity index is 1.63. The van der Waals surface area contributed by atoms with Crippen LogP contribution in [0.2, 0.25) is 0 Å². The summed E-state index contributed by atoms with van der Waals surface area (Å²) in [6.45, 7) is 3.32. The van der Waals surface area contributed by atoms with Crippen LogP contribution in [-0.2, 0) is 13.5 Å². The fourth-order valence-corrected chi connectivity index (χ4v) is 2.66. The molecule has 4 nitrogen and oxygen atoms in total. The molecule has 1 aliphatic carbocycles. The van der Waals surface area contributed by atoms with Crippen molar-refractivity contribution in [3.63, 3.8) is 0 Å². The summed E-state index contributed by atoms with van der Waals surface area (Å²) in [4.78, 5) is 4.24. The highest BCUT2D eigenvalue weighted by Gasteiger charge is 2.19. The second-order valence-electron chi connectivity index (χ2n) is 5.16. The van der Waals surface area contributed by atoms with Crippen molar-refractivity contribution in [3.05, 3.63) is 12.2 Å². The van der Waals surface area contributed by atoms with Crippen LogP contribution in [0, 0.1) is 5.92 Å². The van der Waals surface area contributed by atoms with Gasteiger partial charge in [-0.3, -0.25) is 4.68 Å². The van der Waals surface area contributed by atoms with Gasteiger partial charge in [0.15, 0.2) is 5.82 Å². The Bertz CT molecular complexity index is 326. The summed E-state index contributed by atoms with van der Waals surface area (Å²) in [5.74, 6) is 1.92. The van der Waals surface area contributed by atoms with E-state index in [0.29, 0.717) is 0 Å². The third-order valence-corrected chi connectivity index (χ3v) is 3.85. The van der Waals surface area contributed by atoms with Crippen LogP contribution in [0.15, 0.2) is 6.33 Å². The molecule has 1 saturated carbocycles. The highest BCUT2D eigenvalue weighted by Crippen LogP contribution is 2.26. The maximum atomic E-state index is 4.28. The molecule has 0 amide bonds. The van der Waals surface area contributed by atoms with Crippen molar-refractivity contribution in [2.45, 2.75) is 51.5 Å². The van der Waals surface area contributed by atoms with Gasteiger partial charge in [-0.25, -0.2) is 4.98 Å². The molecule has 0 bridgehead atoms. The fourth-order valence-electron chi connectivity index (χ4n) is 2.66. The van der Waals surface area contributed by atoms with E-state index in [9.17, 15) is 0 Å². The number of nitrogens with one attached hydrogen (secondary N) is 1. The zero-order chi connectivity index (χ0) is 12.1. The van der Waals surface area contributed by atoms with E-state index in [4.69, 9.17) is 0 Å². The molecule has 0 atom stereocenters. The van der Waals surface area contributed by atoms with Crippen molar-refractivity contribution in [2.75, 3.05) is 6.54 Å². The van der Waals surface area contributed by atoms with Crippen LogP contribution in [-0.4, -0.2) is 27.4 Å². The Morgan fingerprint density at radius 2 is 2.12 bits per heavy atom. The highest BCUT2D eigenvalue weighted by atomic mass is 15.3. The van der Waals surface area contributed by atoms with Crippen LogP contribution in [0.5, 0.6) is 0 Å². The normalized spacial score (nSPS) is 25.1. The van der Waals surface area contributed by atoms with E-state index in [1.807, 2.05) is 7.05 Å². The average Bonchev–Trinajstić information content (AvgIpc) is 2.76. The van der Waals surface area contributed by atoms with Gasteiger partial charge in [0.1, 0.15) is 6.33 Å². The van der Waals surface area contributed by atoms with Crippen molar-refractivity contribution >= 4 is 0 Å². The number of nitrogens with zero attached hydrogens (tertiary/aromatic N) is 3. The van der Waals surface area contributed by atoms with E-state index in [0.717, 1.165) is 30.7 Å². The van der Waals surface area contributed by atoms with Crippen molar-refractivity contribution in [2.24, 2.45) is 13.0 Å². The summed E-state index contributed by atoms with van der Waals surface area (Å²) >= 11 is 0. The fraction of sp³-hybridized carbons (Fsp3) is 0.846. The first-order chi connectivity index (χ1) is 8.28. The molecule has 0 unspecified atom stereocenters. The van der Waals surface area contributed by atoms with Gasteiger partial charge in [0, 0.05) is 26.1 Å². The summed E-state index contributed by atoms with van der Waals surface area (Å²) in [6, 6.07) is 0.724. The Hall–Kier alpha value is -0.900. The third-order valence-electron chi connectivity index (χ3n) is 3.85. The van der Waals surface area contributed by atoms with Crippen molar-refractivity contribution in [1.82, 2.24) is 20.1 Å². The van der Waals surface area contributed by atoms with Gasteiger partial charge in [-0.1, -0.05) is 13.3 Å². The first-order valence-corrected chi connectivity index (χ1v) is 6.85. The summed E-state index contributed by atoms with van der Waals surface area (Å²) in [5, 5.41) is 7.92. The highest BCUT2D eigenvalue weighted by molar-refractivity contribution is 4.84. The molecule has 17 heavy (non-hydrogen) atoms. The number of rotatable bonds is 5. The summed E-state index contributed by atoms with van der Waals surface area (Å²) in [6.07, 6.45) is 9.54. The van der Waals surface area contributed by atoms with E-state index >= 15 is 0 Å². The standard InChI is InChI=1S/C13H24N4/c1-3-11-4-6-12(7-5-11)14-9-8-13-15-10-17(2)16-13/h10-12,14H,3-9H2,1-2H3. The topological polar surface area (TPSA) is 42.7 Å². The lowest BCUT2D eigenvalue weighted by molar-refractivity contribution is 0.287. The van der Waals surface area contributed by atoms with E-state index in [1.165, 1.54) is 32.1 Å². The van der Waals surface area contributed by atoms with Gasteiger partial charge in [0.25, 0.3) is 0 Å². The van der Waals surface area contributed by atoms with Crippen LogP contribution < -0.4 is 5.32 Å². The Morgan fingerprint density at radius 1 is 1.35 bits per heavy atom. The summed E-state index contributed by atoms with van der Waals surface area (Å²) in [5.41, 5.74) is 0. The molecule has 4 heteroatoms. The molecule has 0 radical (unpaired) electrons. The van der Waals surface area contributed by atoms with Crippen molar-refractivity contribution in [3.8, 4) is 0 Å². The summed E-state index contributed by atoms with van der Waals surface area (Å²) < 4.78 is 1.77. The van der Waals surface area contributed by atoms with Crippen molar-refractivity contribution in [1.29, 1.82) is 0 Å². The van der Waals surface area contributed by atoms with Crippen LogP contribution >= 0.6 is 0 Å². The molecule has 1 fully saturated rings. The second-order valence-corrected chi connectivity index (χ2v) is 5.16. The van der Waals surface area contributed by atoms with Gasteiger partial charge >= 0.3 is 0 Å². The Morgan fingerprint density at radius 3 is 2.71 bits per heavy atom. The first-order valence-electron chi connectivity index (χ1n) is 6.85. The zero-order valence-corrected chi connectivity index (χ0v) is 11.0. The van der Waals surface area contributed by atoms with Gasteiger partial charge in [-0.05, 0) is 31.6 Å². The van der Waals surface area contributed by atoms with Crippen LogP contribution in [0.25, 0.3) is 0 Å². The molecule has 96 valence electrons.